The predicted molar refractivity (Wildman–Crippen MR) is 135 cm³/mol. The molecule has 0 saturated heterocycles. The first-order chi connectivity index (χ1) is 14.8. The van der Waals surface area contributed by atoms with E-state index in [0.29, 0.717) is 39.3 Å². The zero-order chi connectivity index (χ0) is 22.7. The molecule has 0 fully saturated rings. The van der Waals surface area contributed by atoms with E-state index in [2.05, 4.69) is 59.8 Å². The second-order valence-electron chi connectivity index (χ2n) is 6.86. The fraction of sp³-hybridized carbons (Fsp3) is 0.318. The van der Waals surface area contributed by atoms with Gasteiger partial charge in [-0.05, 0) is 69.5 Å². The minimum Gasteiger partial charge on any atom is -0.493 e. The first-order valence-electron chi connectivity index (χ1n) is 9.77. The van der Waals surface area contributed by atoms with E-state index < -0.39 is 0 Å². The minimum atomic E-state index is -0.217. The van der Waals surface area contributed by atoms with Crippen molar-refractivity contribution in [2.75, 3.05) is 13.7 Å². The molecule has 3 rings (SSSR count). The molecule has 1 heterocycles. The number of halogens is 3. The molecule has 0 bridgehead atoms. The van der Waals surface area contributed by atoms with Gasteiger partial charge in [-0.25, -0.2) is 4.98 Å². The summed E-state index contributed by atoms with van der Waals surface area (Å²) >= 11 is 10.6. The Hall–Kier alpha value is -1.71. The minimum absolute atomic E-state index is 0.0583. The molecule has 0 unspecified atom stereocenters. The highest BCUT2D eigenvalue weighted by Gasteiger charge is 2.18. The molecule has 0 aliphatic carbocycles. The number of methoxy groups -OCH3 is 1. The van der Waals surface area contributed by atoms with Crippen LogP contribution in [0.3, 0.4) is 0 Å². The van der Waals surface area contributed by atoms with Crippen LogP contribution in [-0.2, 0) is 0 Å². The molecule has 0 N–H and O–H groups in total. The van der Waals surface area contributed by atoms with E-state index in [1.54, 1.807) is 19.4 Å². The first-order valence-corrected chi connectivity index (χ1v) is 12.2. The van der Waals surface area contributed by atoms with Crippen molar-refractivity contribution in [1.82, 2.24) is 9.66 Å². The van der Waals surface area contributed by atoms with Crippen LogP contribution in [-0.4, -0.2) is 29.6 Å². The number of hydrogen-bond acceptors (Lipinski definition) is 5. The van der Waals surface area contributed by atoms with E-state index in [1.165, 1.54) is 4.68 Å². The highest BCUT2D eigenvalue weighted by Crippen LogP contribution is 2.42. The molecule has 3 aromatic rings. The molecule has 0 spiro atoms. The molecule has 0 radical (unpaired) electrons. The van der Waals surface area contributed by atoms with Crippen molar-refractivity contribution in [3.05, 3.63) is 59.4 Å². The number of aromatic nitrogens is 2. The maximum Gasteiger partial charge on any atom is 0.282 e. The van der Waals surface area contributed by atoms with E-state index in [4.69, 9.17) is 14.5 Å². The van der Waals surface area contributed by atoms with Gasteiger partial charge < -0.3 is 9.47 Å². The van der Waals surface area contributed by atoms with Gasteiger partial charge in [0.15, 0.2) is 11.5 Å². The fourth-order valence-corrected chi connectivity index (χ4v) is 4.32. The van der Waals surface area contributed by atoms with Crippen molar-refractivity contribution in [1.29, 1.82) is 0 Å². The van der Waals surface area contributed by atoms with Crippen LogP contribution in [0, 0.1) is 0 Å². The summed E-state index contributed by atoms with van der Waals surface area (Å²) in [6.45, 7) is 6.50. The van der Waals surface area contributed by atoms with Crippen LogP contribution in [0.4, 0.5) is 0 Å². The van der Waals surface area contributed by atoms with Gasteiger partial charge in [-0.1, -0.05) is 29.8 Å². The molecule has 0 aliphatic heterocycles. The van der Waals surface area contributed by atoms with Crippen LogP contribution in [0.25, 0.3) is 10.9 Å². The number of rotatable bonds is 7. The first kappa shape index (κ1) is 23.9. The van der Waals surface area contributed by atoms with Crippen LogP contribution >= 0.6 is 47.8 Å². The Morgan fingerprint density at radius 1 is 1.19 bits per heavy atom. The Kier molecular flexibility index (Phi) is 7.93. The van der Waals surface area contributed by atoms with Crippen molar-refractivity contribution in [3.8, 4) is 11.5 Å². The average molecular weight is 616 g/mol. The Morgan fingerprint density at radius 3 is 2.58 bits per heavy atom. The smallest absolute Gasteiger partial charge is 0.282 e. The van der Waals surface area contributed by atoms with Crippen LogP contribution < -0.4 is 15.0 Å². The number of fused-ring (bicyclic) bond motifs is 1. The lowest BCUT2D eigenvalue weighted by molar-refractivity contribution is 0.308. The fourth-order valence-electron chi connectivity index (χ4n) is 3.03. The summed E-state index contributed by atoms with van der Waals surface area (Å²) in [6.07, 6.45) is 2.45. The molecule has 0 amide bonds. The average Bonchev–Trinajstić information content (AvgIpc) is 2.77. The van der Waals surface area contributed by atoms with E-state index >= 15 is 0 Å². The molecule has 164 valence electrons. The SMILES string of the molecule is CCOc1c(OC)cc(C=Nn2c([C@@H](C)CC)nc3ccc(Br)cc3c2=O)c(Br)c1Br. The van der Waals surface area contributed by atoms with Crippen molar-refractivity contribution in [3.63, 3.8) is 0 Å². The monoisotopic (exact) mass is 613 g/mol. The van der Waals surface area contributed by atoms with Crippen molar-refractivity contribution in [2.45, 2.75) is 33.1 Å². The zero-order valence-corrected chi connectivity index (χ0v) is 22.3. The summed E-state index contributed by atoms with van der Waals surface area (Å²) in [5.74, 6) is 1.84. The number of nitrogens with zero attached hydrogens (tertiary/aromatic N) is 3. The van der Waals surface area contributed by atoms with Gasteiger partial charge in [0.25, 0.3) is 5.56 Å². The van der Waals surface area contributed by atoms with Gasteiger partial charge in [0.2, 0.25) is 0 Å². The van der Waals surface area contributed by atoms with Gasteiger partial charge in [0.05, 0.1) is 35.3 Å². The van der Waals surface area contributed by atoms with Crippen LogP contribution in [0.15, 0.2) is 47.6 Å². The second kappa shape index (κ2) is 10.3. The van der Waals surface area contributed by atoms with Gasteiger partial charge in [-0.2, -0.15) is 9.78 Å². The van der Waals surface area contributed by atoms with E-state index in [-0.39, 0.29) is 11.5 Å². The Labute approximate surface area is 206 Å². The van der Waals surface area contributed by atoms with Crippen LogP contribution in [0.1, 0.15) is 44.5 Å². The molecule has 2 aromatic carbocycles. The molecular formula is C22H22Br3N3O3. The zero-order valence-electron chi connectivity index (χ0n) is 17.6. The largest absolute Gasteiger partial charge is 0.493 e. The Morgan fingerprint density at radius 2 is 1.94 bits per heavy atom. The molecule has 9 heteroatoms. The van der Waals surface area contributed by atoms with Gasteiger partial charge in [0, 0.05) is 20.4 Å². The molecule has 31 heavy (non-hydrogen) atoms. The highest BCUT2D eigenvalue weighted by molar-refractivity contribution is 9.13. The quantitative estimate of drug-likeness (QED) is 0.285. The number of benzene rings is 2. The number of hydrogen-bond donors (Lipinski definition) is 0. The van der Waals surface area contributed by atoms with Gasteiger partial charge in [-0.3, -0.25) is 4.79 Å². The Bertz CT molecular complexity index is 1210. The second-order valence-corrected chi connectivity index (χ2v) is 9.36. The summed E-state index contributed by atoms with van der Waals surface area (Å²) in [7, 11) is 1.58. The standard InChI is InChI=1S/C22H22Br3N3O3/c1-5-12(3)21-27-16-8-7-14(23)10-15(16)22(29)28(21)26-11-13-9-17(30-4)20(31-6-2)19(25)18(13)24/h7-12H,5-6H2,1-4H3/t12-/m0/s1. The lowest BCUT2D eigenvalue weighted by atomic mass is 10.1. The van der Waals surface area contributed by atoms with Crippen LogP contribution in [0.2, 0.25) is 0 Å². The van der Waals surface area contributed by atoms with Gasteiger partial charge >= 0.3 is 0 Å². The lowest BCUT2D eigenvalue weighted by Crippen LogP contribution is -2.23. The summed E-state index contributed by atoms with van der Waals surface area (Å²) < 4.78 is 14.8. The third-order valence-corrected chi connectivity index (χ3v) is 7.50. The molecule has 0 aliphatic rings. The molecule has 0 saturated carbocycles. The molecule has 1 atom stereocenters. The molecule has 1 aromatic heterocycles. The predicted octanol–water partition coefficient (Wildman–Crippen LogP) is 6.49. The summed E-state index contributed by atoms with van der Waals surface area (Å²) in [4.78, 5) is 18.0. The summed E-state index contributed by atoms with van der Waals surface area (Å²) in [5.41, 5.74) is 1.16. The van der Waals surface area contributed by atoms with Gasteiger partial charge in [0.1, 0.15) is 5.82 Å². The van der Waals surface area contributed by atoms with Crippen molar-refractivity contribution >= 4 is 64.9 Å². The van der Waals surface area contributed by atoms with Crippen LogP contribution in [0.5, 0.6) is 11.5 Å². The summed E-state index contributed by atoms with van der Waals surface area (Å²) in [5, 5.41) is 5.03. The maximum absolute atomic E-state index is 13.3. The number of ether oxygens (including phenoxy) is 2. The maximum atomic E-state index is 13.3. The van der Waals surface area contributed by atoms with Gasteiger partial charge in [-0.15, -0.1) is 0 Å². The van der Waals surface area contributed by atoms with E-state index in [9.17, 15) is 4.79 Å². The van der Waals surface area contributed by atoms with E-state index in [1.807, 2.05) is 32.0 Å². The van der Waals surface area contributed by atoms with E-state index in [0.717, 1.165) is 20.9 Å². The Balaban J connectivity index is 2.20. The molecule has 6 nitrogen and oxygen atoms in total. The molecular weight excluding hydrogens is 594 g/mol. The van der Waals surface area contributed by atoms with Crippen molar-refractivity contribution in [2.24, 2.45) is 5.10 Å². The normalized spacial score (nSPS) is 12.5. The topological polar surface area (TPSA) is 65.7 Å². The van der Waals surface area contributed by atoms with Crippen molar-refractivity contribution < 1.29 is 9.47 Å². The highest BCUT2D eigenvalue weighted by atomic mass is 79.9. The summed E-state index contributed by atoms with van der Waals surface area (Å²) in [6, 6.07) is 7.29. The third kappa shape index (κ3) is 4.88. The lowest BCUT2D eigenvalue weighted by Gasteiger charge is -2.15. The third-order valence-electron chi connectivity index (χ3n) is 4.86.